The summed E-state index contributed by atoms with van der Waals surface area (Å²) >= 11 is 0. The highest BCUT2D eigenvalue weighted by atomic mass is 19.3. The molecule has 0 unspecified atom stereocenters. The fraction of sp³-hybridized carbons (Fsp3) is 0.462. The van der Waals surface area contributed by atoms with E-state index in [4.69, 9.17) is 4.74 Å². The Balaban J connectivity index is 2.01. The predicted octanol–water partition coefficient (Wildman–Crippen LogP) is 2.56. The number of aliphatic imine (C=N–C) groups is 1. The molecule has 0 saturated carbocycles. The third-order valence-electron chi connectivity index (χ3n) is 2.64. The van der Waals surface area contributed by atoms with Crippen LogP contribution in [0.15, 0.2) is 23.2 Å². The first kappa shape index (κ1) is 13.7. The first-order valence-corrected chi connectivity index (χ1v) is 6.07. The van der Waals surface area contributed by atoms with Gasteiger partial charge in [-0.05, 0) is 32.6 Å². The van der Waals surface area contributed by atoms with Crippen LogP contribution in [0.1, 0.15) is 6.42 Å². The molecule has 1 heterocycles. The highest BCUT2D eigenvalue weighted by Gasteiger charge is 2.25. The van der Waals surface area contributed by atoms with Gasteiger partial charge in [0, 0.05) is 6.54 Å². The van der Waals surface area contributed by atoms with Gasteiger partial charge in [0.05, 0.1) is 12.3 Å². The van der Waals surface area contributed by atoms with Crippen LogP contribution >= 0.6 is 0 Å². The van der Waals surface area contributed by atoms with Crippen LogP contribution < -0.4 is 10.1 Å². The molecule has 0 spiro atoms. The molecule has 0 saturated heterocycles. The maximum absolute atomic E-state index is 12.6. The van der Waals surface area contributed by atoms with Crippen molar-refractivity contribution in [2.24, 2.45) is 4.99 Å². The lowest BCUT2D eigenvalue weighted by Gasteiger charge is -2.11. The lowest BCUT2D eigenvalue weighted by Crippen LogP contribution is -2.15. The first-order valence-electron chi connectivity index (χ1n) is 6.07. The van der Waals surface area contributed by atoms with Gasteiger partial charge < -0.3 is 9.64 Å². The average molecular weight is 268 g/mol. The van der Waals surface area contributed by atoms with Crippen molar-refractivity contribution in [3.8, 4) is 5.75 Å². The molecule has 19 heavy (non-hydrogen) atoms. The molecule has 1 aromatic carbocycles. The summed E-state index contributed by atoms with van der Waals surface area (Å²) < 4.78 is 30.7. The Morgan fingerprint density at radius 3 is 2.79 bits per heavy atom. The zero-order chi connectivity index (χ0) is 13.8. The van der Waals surface area contributed by atoms with Crippen molar-refractivity contribution in [3.05, 3.63) is 18.2 Å². The van der Waals surface area contributed by atoms with Gasteiger partial charge >= 0.3 is 0 Å². The van der Waals surface area contributed by atoms with Crippen LogP contribution in [-0.2, 0) is 0 Å². The van der Waals surface area contributed by atoms with Crippen LogP contribution in [0.25, 0.3) is 0 Å². The number of rotatable bonds is 6. The molecule has 1 aromatic rings. The van der Waals surface area contributed by atoms with E-state index in [1.54, 1.807) is 18.2 Å². The second-order valence-corrected chi connectivity index (χ2v) is 4.51. The van der Waals surface area contributed by atoms with Gasteiger partial charge in [0.2, 0.25) is 0 Å². The summed E-state index contributed by atoms with van der Waals surface area (Å²) in [4.78, 5) is 5.89. The quantitative estimate of drug-likeness (QED) is 0.744. The second-order valence-electron chi connectivity index (χ2n) is 4.51. The van der Waals surface area contributed by atoms with Gasteiger partial charge in [0.25, 0.3) is 6.43 Å². The van der Waals surface area contributed by atoms with E-state index >= 15 is 0 Å². The number of benzene rings is 1. The minimum atomic E-state index is -2.66. The third kappa shape index (κ3) is 3.41. The van der Waals surface area contributed by atoms with E-state index in [0.29, 0.717) is 23.7 Å². The van der Waals surface area contributed by atoms with Crippen molar-refractivity contribution in [2.75, 3.05) is 27.2 Å². The third-order valence-corrected chi connectivity index (χ3v) is 2.64. The van der Waals surface area contributed by atoms with Gasteiger partial charge in [-0.15, -0.1) is 0 Å². The molecule has 2 rings (SSSR count). The van der Waals surface area contributed by atoms with Gasteiger partial charge in [-0.25, -0.2) is 19.1 Å². The van der Waals surface area contributed by atoms with E-state index in [-0.39, 0.29) is 0 Å². The number of hydrogen-bond donors (Lipinski definition) is 0. The van der Waals surface area contributed by atoms with E-state index in [9.17, 15) is 8.78 Å². The van der Waals surface area contributed by atoms with Gasteiger partial charge in [0.15, 0.2) is 5.84 Å². The summed E-state index contributed by atoms with van der Waals surface area (Å²) in [6.07, 6.45) is -1.80. The van der Waals surface area contributed by atoms with Gasteiger partial charge in [-0.1, -0.05) is 6.07 Å². The Morgan fingerprint density at radius 1 is 1.32 bits per heavy atom. The second kappa shape index (κ2) is 5.97. The van der Waals surface area contributed by atoms with Crippen molar-refractivity contribution in [2.45, 2.75) is 12.8 Å². The highest BCUT2D eigenvalue weighted by Crippen LogP contribution is 2.40. The van der Waals surface area contributed by atoms with E-state index in [1.165, 1.54) is 0 Å². The molecule has 1 aliphatic heterocycles. The molecule has 103 valence electrons. The Kier molecular flexibility index (Phi) is 4.31. The van der Waals surface area contributed by atoms with E-state index in [0.717, 1.165) is 13.0 Å². The Bertz CT molecular complexity index is 475. The molecule has 0 aromatic heterocycles. The summed E-state index contributed by atoms with van der Waals surface area (Å²) in [5.74, 6) is 0.0648. The summed E-state index contributed by atoms with van der Waals surface area (Å²) in [5.41, 5.74) is 0.850. The number of ether oxygens (including phenoxy) is 1. The minimum Gasteiger partial charge on any atom is -0.491 e. The SMILES string of the molecule is CN(C)CCCOc1cccc2c1N=C(C(F)F)[N]2. The number of nitrogens with zero attached hydrogens (tertiary/aromatic N) is 3. The maximum atomic E-state index is 12.6. The molecular weight excluding hydrogens is 252 g/mol. The number of para-hydroxylation sites is 1. The van der Waals surface area contributed by atoms with E-state index in [1.807, 2.05) is 14.1 Å². The van der Waals surface area contributed by atoms with Crippen molar-refractivity contribution >= 4 is 17.2 Å². The summed E-state index contributed by atoms with van der Waals surface area (Å²) in [7, 11) is 3.97. The van der Waals surface area contributed by atoms with E-state index < -0.39 is 12.3 Å². The standard InChI is InChI=1S/C13H16F2N3O/c1-18(2)7-4-8-19-10-6-3-5-9-11(10)17-13(16-9)12(14)15/h3,5-6,12H,4,7-8H2,1-2H3. The molecular formula is C13H16F2N3O. The zero-order valence-corrected chi connectivity index (χ0v) is 10.9. The van der Waals surface area contributed by atoms with Crippen molar-refractivity contribution < 1.29 is 13.5 Å². The van der Waals surface area contributed by atoms with Gasteiger partial charge in [-0.3, -0.25) is 0 Å². The molecule has 0 fully saturated rings. The summed E-state index contributed by atoms with van der Waals surface area (Å²) in [5, 5.41) is 3.78. The molecule has 0 amide bonds. The van der Waals surface area contributed by atoms with Crippen LogP contribution in [0.2, 0.25) is 0 Å². The van der Waals surface area contributed by atoms with Crippen molar-refractivity contribution in [1.82, 2.24) is 10.2 Å². The summed E-state index contributed by atoms with van der Waals surface area (Å²) in [6, 6.07) is 5.11. The highest BCUT2D eigenvalue weighted by molar-refractivity contribution is 5.99. The van der Waals surface area contributed by atoms with E-state index in [2.05, 4.69) is 15.2 Å². The average Bonchev–Trinajstić information content (AvgIpc) is 2.79. The molecule has 6 heteroatoms. The molecule has 1 radical (unpaired) electrons. The summed E-state index contributed by atoms with van der Waals surface area (Å²) in [6.45, 7) is 1.43. The lowest BCUT2D eigenvalue weighted by molar-refractivity contribution is 0.222. The van der Waals surface area contributed by atoms with Crippen molar-refractivity contribution in [3.63, 3.8) is 0 Å². The maximum Gasteiger partial charge on any atom is 0.297 e. The molecule has 0 bridgehead atoms. The zero-order valence-electron chi connectivity index (χ0n) is 10.9. The van der Waals surface area contributed by atoms with Crippen LogP contribution in [0.4, 0.5) is 20.2 Å². The van der Waals surface area contributed by atoms with Gasteiger partial charge in [-0.2, -0.15) is 0 Å². The number of halogens is 2. The van der Waals surface area contributed by atoms with Crippen LogP contribution in [-0.4, -0.2) is 44.4 Å². The number of fused-ring (bicyclic) bond motifs is 1. The number of amidine groups is 1. The fourth-order valence-electron chi connectivity index (χ4n) is 1.75. The monoisotopic (exact) mass is 268 g/mol. The largest absolute Gasteiger partial charge is 0.491 e. The molecule has 0 N–H and O–H groups in total. The first-order chi connectivity index (χ1) is 9.08. The lowest BCUT2D eigenvalue weighted by atomic mass is 10.2. The smallest absolute Gasteiger partial charge is 0.297 e. The molecule has 1 aliphatic rings. The minimum absolute atomic E-state index is 0.405. The fourth-order valence-corrected chi connectivity index (χ4v) is 1.75. The molecule has 4 nitrogen and oxygen atoms in total. The Morgan fingerprint density at radius 2 is 2.11 bits per heavy atom. The number of hydrogen-bond acceptors (Lipinski definition) is 3. The van der Waals surface area contributed by atoms with Crippen molar-refractivity contribution in [1.29, 1.82) is 0 Å². The molecule has 0 atom stereocenters. The van der Waals surface area contributed by atoms with Gasteiger partial charge in [0.1, 0.15) is 11.4 Å². The Labute approximate surface area is 111 Å². The normalized spacial score (nSPS) is 13.5. The van der Waals surface area contributed by atoms with Crippen LogP contribution in [0.5, 0.6) is 5.75 Å². The Hall–Kier alpha value is -1.69. The van der Waals surface area contributed by atoms with Crippen LogP contribution in [0, 0.1) is 0 Å². The number of alkyl halides is 2. The predicted molar refractivity (Wildman–Crippen MR) is 70.0 cm³/mol. The van der Waals surface area contributed by atoms with Crippen LogP contribution in [0.3, 0.4) is 0 Å². The molecule has 0 aliphatic carbocycles. The topological polar surface area (TPSA) is 38.9 Å².